The fourth-order valence-electron chi connectivity index (χ4n) is 1.92. The number of amides is 1. The Balaban J connectivity index is 1.69. The lowest BCUT2D eigenvalue weighted by molar-refractivity contribution is -0.117. The molecule has 1 heterocycles. The lowest BCUT2D eigenvalue weighted by Gasteiger charge is -2.06. The molecule has 1 N–H and O–H groups in total. The molecule has 0 bridgehead atoms. The minimum Gasteiger partial charge on any atom is -0.322 e. The maximum absolute atomic E-state index is 13.6. The van der Waals surface area contributed by atoms with Crippen LogP contribution in [0.5, 0.6) is 0 Å². The minimum absolute atomic E-state index is 0.00546. The molecular weight excluding hydrogens is 321 g/mol. The van der Waals surface area contributed by atoms with E-state index in [1.807, 2.05) is 30.3 Å². The lowest BCUT2D eigenvalue weighted by atomic mass is 10.2. The molecule has 0 aliphatic carbocycles. The molecule has 116 valence electrons. The van der Waals surface area contributed by atoms with Gasteiger partial charge in [-0.1, -0.05) is 41.9 Å². The first-order valence-corrected chi connectivity index (χ1v) is 7.08. The molecule has 8 heteroatoms. The van der Waals surface area contributed by atoms with Crippen LogP contribution in [0.3, 0.4) is 0 Å². The summed E-state index contributed by atoms with van der Waals surface area (Å²) in [7, 11) is 0. The van der Waals surface area contributed by atoms with Gasteiger partial charge in [-0.05, 0) is 23.4 Å². The number of carbonyl (C=O) groups is 1. The van der Waals surface area contributed by atoms with Crippen molar-refractivity contribution < 1.29 is 9.18 Å². The summed E-state index contributed by atoms with van der Waals surface area (Å²) in [6.07, 6.45) is 0. The first-order valence-electron chi connectivity index (χ1n) is 6.70. The first-order chi connectivity index (χ1) is 11.1. The molecule has 0 saturated carbocycles. The SMILES string of the molecule is O=C(Cn1nnc(-c2ccccc2)n1)Nc1cc(Cl)ccc1F. The molecule has 6 nitrogen and oxygen atoms in total. The quantitative estimate of drug-likeness (QED) is 0.798. The second kappa shape index (κ2) is 6.53. The van der Waals surface area contributed by atoms with E-state index in [4.69, 9.17) is 11.6 Å². The zero-order valence-electron chi connectivity index (χ0n) is 11.8. The Morgan fingerprint density at radius 2 is 2.00 bits per heavy atom. The Morgan fingerprint density at radius 1 is 1.22 bits per heavy atom. The highest BCUT2D eigenvalue weighted by Gasteiger charge is 2.11. The molecule has 0 aliphatic rings. The summed E-state index contributed by atoms with van der Waals surface area (Å²) in [5.41, 5.74) is 0.797. The van der Waals surface area contributed by atoms with Crippen molar-refractivity contribution in [2.75, 3.05) is 5.32 Å². The fourth-order valence-corrected chi connectivity index (χ4v) is 2.10. The first kappa shape index (κ1) is 15.1. The number of nitrogens with zero attached hydrogens (tertiary/aromatic N) is 4. The van der Waals surface area contributed by atoms with Crippen molar-refractivity contribution in [2.45, 2.75) is 6.54 Å². The van der Waals surface area contributed by atoms with Crippen molar-refractivity contribution in [3.8, 4) is 11.4 Å². The molecule has 0 atom stereocenters. The molecule has 0 fully saturated rings. The second-order valence-corrected chi connectivity index (χ2v) is 5.12. The largest absolute Gasteiger partial charge is 0.322 e. The Labute approximate surface area is 135 Å². The molecule has 3 aromatic rings. The molecule has 0 saturated heterocycles. The van der Waals surface area contributed by atoms with Crippen LogP contribution < -0.4 is 5.32 Å². The van der Waals surface area contributed by atoms with Gasteiger partial charge < -0.3 is 5.32 Å². The van der Waals surface area contributed by atoms with Gasteiger partial charge >= 0.3 is 0 Å². The summed E-state index contributed by atoms with van der Waals surface area (Å²) in [6, 6.07) is 13.2. The summed E-state index contributed by atoms with van der Waals surface area (Å²) >= 11 is 5.77. The highest BCUT2D eigenvalue weighted by Crippen LogP contribution is 2.19. The van der Waals surface area contributed by atoms with Crippen LogP contribution >= 0.6 is 11.6 Å². The number of nitrogens with one attached hydrogen (secondary N) is 1. The smallest absolute Gasteiger partial charge is 0.248 e. The predicted molar refractivity (Wildman–Crippen MR) is 83.3 cm³/mol. The number of aromatic nitrogens is 4. The van der Waals surface area contributed by atoms with Crippen LogP contribution in [-0.4, -0.2) is 26.1 Å². The number of anilines is 1. The van der Waals surface area contributed by atoms with Gasteiger partial charge in [0.1, 0.15) is 12.4 Å². The van der Waals surface area contributed by atoms with E-state index in [0.29, 0.717) is 10.8 Å². The van der Waals surface area contributed by atoms with E-state index in [9.17, 15) is 9.18 Å². The predicted octanol–water partition coefficient (Wildman–Crippen LogP) is 2.77. The van der Waals surface area contributed by atoms with Gasteiger partial charge in [0.25, 0.3) is 0 Å². The van der Waals surface area contributed by atoms with Gasteiger partial charge in [0.15, 0.2) is 0 Å². The van der Waals surface area contributed by atoms with Crippen LogP contribution in [0, 0.1) is 5.82 Å². The normalized spacial score (nSPS) is 10.5. The Hall–Kier alpha value is -2.80. The maximum Gasteiger partial charge on any atom is 0.248 e. The zero-order valence-corrected chi connectivity index (χ0v) is 12.5. The number of tetrazole rings is 1. The van der Waals surface area contributed by atoms with E-state index in [1.165, 1.54) is 18.2 Å². The van der Waals surface area contributed by atoms with Crippen LogP contribution in [0.1, 0.15) is 0 Å². The fraction of sp³-hybridized carbons (Fsp3) is 0.0667. The van der Waals surface area contributed by atoms with E-state index in [2.05, 4.69) is 20.7 Å². The Morgan fingerprint density at radius 3 is 2.78 bits per heavy atom. The number of carbonyl (C=O) groups excluding carboxylic acids is 1. The van der Waals surface area contributed by atoms with Gasteiger partial charge in [-0.25, -0.2) is 4.39 Å². The maximum atomic E-state index is 13.6. The van der Waals surface area contributed by atoms with Crippen LogP contribution in [-0.2, 0) is 11.3 Å². The average Bonchev–Trinajstić information content (AvgIpc) is 3.00. The summed E-state index contributed by atoms with van der Waals surface area (Å²) in [5.74, 6) is -0.644. The van der Waals surface area contributed by atoms with Crippen molar-refractivity contribution in [1.82, 2.24) is 20.2 Å². The summed E-state index contributed by atoms with van der Waals surface area (Å²) in [6.45, 7) is -0.189. The highest BCUT2D eigenvalue weighted by atomic mass is 35.5. The molecule has 2 aromatic carbocycles. The summed E-state index contributed by atoms with van der Waals surface area (Å²) < 4.78 is 13.6. The Kier molecular flexibility index (Phi) is 4.29. The van der Waals surface area contributed by atoms with Crippen molar-refractivity contribution in [3.63, 3.8) is 0 Å². The van der Waals surface area contributed by atoms with Crippen molar-refractivity contribution in [2.24, 2.45) is 0 Å². The third-order valence-corrected chi connectivity index (χ3v) is 3.21. The summed E-state index contributed by atoms with van der Waals surface area (Å²) in [4.78, 5) is 13.1. The van der Waals surface area contributed by atoms with E-state index < -0.39 is 11.7 Å². The van der Waals surface area contributed by atoms with E-state index in [0.717, 1.165) is 10.4 Å². The van der Waals surface area contributed by atoms with Gasteiger partial charge in [0, 0.05) is 10.6 Å². The van der Waals surface area contributed by atoms with Crippen LogP contribution in [0.4, 0.5) is 10.1 Å². The average molecular weight is 332 g/mol. The molecule has 0 spiro atoms. The second-order valence-electron chi connectivity index (χ2n) is 4.68. The number of benzene rings is 2. The van der Waals surface area contributed by atoms with E-state index in [1.54, 1.807) is 0 Å². The number of hydrogen-bond acceptors (Lipinski definition) is 4. The molecule has 23 heavy (non-hydrogen) atoms. The van der Waals surface area contributed by atoms with Crippen molar-refractivity contribution >= 4 is 23.2 Å². The van der Waals surface area contributed by atoms with E-state index in [-0.39, 0.29) is 12.2 Å². The third kappa shape index (κ3) is 3.70. The molecule has 0 aliphatic heterocycles. The number of rotatable bonds is 4. The highest BCUT2D eigenvalue weighted by molar-refractivity contribution is 6.30. The van der Waals surface area contributed by atoms with E-state index >= 15 is 0 Å². The lowest BCUT2D eigenvalue weighted by Crippen LogP contribution is -2.21. The molecule has 3 rings (SSSR count). The number of halogens is 2. The van der Waals surface area contributed by atoms with Gasteiger partial charge in [0.2, 0.25) is 11.7 Å². The molecular formula is C15H11ClFN5O. The monoisotopic (exact) mass is 331 g/mol. The van der Waals surface area contributed by atoms with Gasteiger partial charge in [-0.15, -0.1) is 10.2 Å². The third-order valence-electron chi connectivity index (χ3n) is 2.97. The van der Waals surface area contributed by atoms with Crippen molar-refractivity contribution in [1.29, 1.82) is 0 Å². The zero-order chi connectivity index (χ0) is 16.2. The van der Waals surface area contributed by atoms with Gasteiger partial charge in [0.05, 0.1) is 5.69 Å². The molecule has 1 aromatic heterocycles. The van der Waals surface area contributed by atoms with Crippen LogP contribution in [0.2, 0.25) is 5.02 Å². The molecule has 1 amide bonds. The molecule has 0 radical (unpaired) electrons. The topological polar surface area (TPSA) is 72.7 Å². The van der Waals surface area contributed by atoms with Gasteiger partial charge in [-0.3, -0.25) is 4.79 Å². The van der Waals surface area contributed by atoms with Crippen LogP contribution in [0.25, 0.3) is 11.4 Å². The number of hydrogen-bond donors (Lipinski definition) is 1. The van der Waals surface area contributed by atoms with Gasteiger partial charge in [-0.2, -0.15) is 4.80 Å². The van der Waals surface area contributed by atoms with Crippen LogP contribution in [0.15, 0.2) is 48.5 Å². The molecule has 0 unspecified atom stereocenters. The minimum atomic E-state index is -0.570. The standard InChI is InChI=1S/C15H11ClFN5O/c16-11-6-7-12(17)13(8-11)18-14(23)9-22-20-15(19-21-22)10-4-2-1-3-5-10/h1-8H,9H2,(H,18,23). The summed E-state index contributed by atoms with van der Waals surface area (Å²) in [5, 5.41) is 14.6. The Bertz CT molecular complexity index is 837. The van der Waals surface area contributed by atoms with Crippen molar-refractivity contribution in [3.05, 3.63) is 59.4 Å².